The van der Waals surface area contributed by atoms with Crippen LogP contribution in [-0.2, 0) is 22.5 Å². The molecule has 0 aromatic heterocycles. The summed E-state index contributed by atoms with van der Waals surface area (Å²) in [5.41, 5.74) is 7.94. The molecule has 1 aromatic carbocycles. The first kappa shape index (κ1) is 17.7. The second kappa shape index (κ2) is 8.34. The summed E-state index contributed by atoms with van der Waals surface area (Å²) in [7, 11) is 0. The molecule has 2 aliphatic heterocycles. The van der Waals surface area contributed by atoms with Gasteiger partial charge in [0.15, 0.2) is 6.61 Å². The number of benzene rings is 1. The van der Waals surface area contributed by atoms with Gasteiger partial charge >= 0.3 is 6.09 Å². The molecule has 25 heavy (non-hydrogen) atoms. The molecule has 0 unspecified atom stereocenters. The Kier molecular flexibility index (Phi) is 5.91. The zero-order valence-electron chi connectivity index (χ0n) is 14.7. The van der Waals surface area contributed by atoms with Crippen LogP contribution in [0.15, 0.2) is 24.3 Å². The lowest BCUT2D eigenvalue weighted by Crippen LogP contribution is -2.40. The quantitative estimate of drug-likeness (QED) is 0.882. The van der Waals surface area contributed by atoms with Crippen molar-refractivity contribution in [2.24, 2.45) is 11.7 Å². The normalized spacial score (nSPS) is 18.6. The van der Waals surface area contributed by atoms with Gasteiger partial charge in [-0.2, -0.15) is 0 Å². The lowest BCUT2D eigenvalue weighted by atomic mass is 9.92. The summed E-state index contributed by atoms with van der Waals surface area (Å²) in [6, 6.07) is 8.71. The first-order valence-corrected chi connectivity index (χ1v) is 9.11. The third-order valence-corrected chi connectivity index (χ3v) is 5.27. The average Bonchev–Trinajstić information content (AvgIpc) is 2.64. The Labute approximate surface area is 148 Å². The fourth-order valence-electron chi connectivity index (χ4n) is 3.74. The van der Waals surface area contributed by atoms with E-state index in [4.69, 9.17) is 10.5 Å². The van der Waals surface area contributed by atoms with Gasteiger partial charge in [-0.1, -0.05) is 24.3 Å². The van der Waals surface area contributed by atoms with Crippen LogP contribution in [0.1, 0.15) is 30.4 Å². The van der Waals surface area contributed by atoms with Crippen molar-refractivity contribution in [3.05, 3.63) is 35.4 Å². The van der Waals surface area contributed by atoms with Crippen molar-refractivity contribution >= 4 is 12.0 Å². The number of carbonyl (C=O) groups excluding carboxylic acids is 2. The average molecular weight is 345 g/mol. The standard InChI is InChI=1S/C19H27N3O3/c20-18(23)14-25-19(24)22-11-6-15(7-12-22)5-9-21-10-8-16-3-1-2-4-17(16)13-21/h1-4,15H,5-14H2,(H2,20,23). The maximum atomic E-state index is 11.8. The number of primary amides is 1. The van der Waals surface area contributed by atoms with Gasteiger partial charge in [0.1, 0.15) is 0 Å². The molecule has 3 rings (SSSR count). The van der Waals surface area contributed by atoms with Gasteiger partial charge in [0.2, 0.25) is 0 Å². The number of hydrogen-bond donors (Lipinski definition) is 1. The number of carbonyl (C=O) groups is 2. The number of hydrogen-bond acceptors (Lipinski definition) is 4. The number of nitrogens with zero attached hydrogens (tertiary/aromatic N) is 2. The highest BCUT2D eigenvalue weighted by Gasteiger charge is 2.25. The van der Waals surface area contributed by atoms with Crippen LogP contribution < -0.4 is 5.73 Å². The molecule has 6 heteroatoms. The molecule has 6 nitrogen and oxygen atoms in total. The summed E-state index contributed by atoms with van der Waals surface area (Å²) in [6.07, 6.45) is 3.88. The van der Waals surface area contributed by atoms with E-state index in [1.165, 1.54) is 17.5 Å². The minimum atomic E-state index is -0.619. The molecular weight excluding hydrogens is 318 g/mol. The molecule has 1 saturated heterocycles. The maximum absolute atomic E-state index is 11.8. The van der Waals surface area contributed by atoms with E-state index in [0.717, 1.165) is 38.9 Å². The maximum Gasteiger partial charge on any atom is 0.410 e. The van der Waals surface area contributed by atoms with E-state index in [1.807, 2.05) is 0 Å². The first-order chi connectivity index (χ1) is 12.1. The topological polar surface area (TPSA) is 75.9 Å². The summed E-state index contributed by atoms with van der Waals surface area (Å²) in [5, 5.41) is 0. The molecule has 2 heterocycles. The smallest absolute Gasteiger partial charge is 0.410 e. The van der Waals surface area contributed by atoms with E-state index in [-0.39, 0.29) is 6.61 Å². The zero-order chi connectivity index (χ0) is 17.6. The molecule has 1 aromatic rings. The van der Waals surface area contributed by atoms with Crippen molar-refractivity contribution in [2.75, 3.05) is 32.8 Å². The molecule has 2 aliphatic rings. The Morgan fingerprint density at radius 3 is 2.56 bits per heavy atom. The van der Waals surface area contributed by atoms with Crippen molar-refractivity contribution in [3.63, 3.8) is 0 Å². The number of rotatable bonds is 5. The van der Waals surface area contributed by atoms with E-state index in [9.17, 15) is 9.59 Å². The summed E-state index contributed by atoms with van der Waals surface area (Å²) in [6.45, 7) is 4.36. The monoisotopic (exact) mass is 345 g/mol. The van der Waals surface area contributed by atoms with E-state index < -0.39 is 12.0 Å². The molecule has 0 bridgehead atoms. The highest BCUT2D eigenvalue weighted by atomic mass is 16.6. The van der Waals surface area contributed by atoms with Crippen molar-refractivity contribution in [1.82, 2.24) is 9.80 Å². The molecule has 2 N–H and O–H groups in total. The molecule has 136 valence electrons. The van der Waals surface area contributed by atoms with Crippen molar-refractivity contribution in [2.45, 2.75) is 32.2 Å². The fraction of sp³-hybridized carbons (Fsp3) is 0.579. The number of piperidine rings is 1. The highest BCUT2D eigenvalue weighted by Crippen LogP contribution is 2.23. The Morgan fingerprint density at radius 1 is 1.12 bits per heavy atom. The predicted octanol–water partition coefficient (Wildman–Crippen LogP) is 1.77. The third-order valence-electron chi connectivity index (χ3n) is 5.27. The van der Waals surface area contributed by atoms with Crippen LogP contribution in [0.5, 0.6) is 0 Å². The molecule has 0 saturated carbocycles. The van der Waals surface area contributed by atoms with Crippen LogP contribution in [0.2, 0.25) is 0 Å². The molecule has 0 atom stereocenters. The molecule has 0 aliphatic carbocycles. The molecule has 0 radical (unpaired) electrons. The largest absolute Gasteiger partial charge is 0.439 e. The highest BCUT2D eigenvalue weighted by molar-refractivity contribution is 5.78. The van der Waals surface area contributed by atoms with Crippen LogP contribution in [0, 0.1) is 5.92 Å². The van der Waals surface area contributed by atoms with E-state index >= 15 is 0 Å². The van der Waals surface area contributed by atoms with E-state index in [1.54, 1.807) is 4.90 Å². The zero-order valence-corrected chi connectivity index (χ0v) is 14.7. The Morgan fingerprint density at radius 2 is 1.84 bits per heavy atom. The van der Waals surface area contributed by atoms with Gasteiger partial charge in [-0.3, -0.25) is 9.69 Å². The van der Waals surface area contributed by atoms with E-state index in [2.05, 4.69) is 29.2 Å². The first-order valence-electron chi connectivity index (χ1n) is 9.11. The van der Waals surface area contributed by atoms with Crippen LogP contribution in [0.3, 0.4) is 0 Å². The minimum absolute atomic E-state index is 0.338. The number of ether oxygens (including phenoxy) is 1. The lowest BCUT2D eigenvalue weighted by molar-refractivity contribution is -0.121. The van der Waals surface area contributed by atoms with Gasteiger partial charge in [-0.25, -0.2) is 4.79 Å². The van der Waals surface area contributed by atoms with Crippen molar-refractivity contribution < 1.29 is 14.3 Å². The molecule has 2 amide bonds. The van der Waals surface area contributed by atoms with Crippen molar-refractivity contribution in [3.8, 4) is 0 Å². The van der Waals surface area contributed by atoms with Gasteiger partial charge in [-0.15, -0.1) is 0 Å². The third kappa shape index (κ3) is 4.95. The fourth-order valence-corrected chi connectivity index (χ4v) is 3.74. The summed E-state index contributed by atoms with van der Waals surface area (Å²) in [5.74, 6) is 0.0312. The van der Waals surface area contributed by atoms with Crippen LogP contribution >= 0.6 is 0 Å². The van der Waals surface area contributed by atoms with E-state index in [0.29, 0.717) is 19.0 Å². The number of nitrogens with two attached hydrogens (primary N) is 1. The lowest BCUT2D eigenvalue weighted by Gasteiger charge is -2.33. The Hall–Kier alpha value is -2.08. The van der Waals surface area contributed by atoms with Crippen LogP contribution in [0.4, 0.5) is 4.79 Å². The van der Waals surface area contributed by atoms with Crippen LogP contribution in [-0.4, -0.2) is 54.6 Å². The van der Waals surface area contributed by atoms with Crippen LogP contribution in [0.25, 0.3) is 0 Å². The Bertz CT molecular complexity index is 612. The summed E-state index contributed by atoms with van der Waals surface area (Å²) < 4.78 is 4.87. The van der Waals surface area contributed by atoms with Gasteiger partial charge in [0, 0.05) is 26.2 Å². The summed E-state index contributed by atoms with van der Waals surface area (Å²) >= 11 is 0. The van der Waals surface area contributed by atoms with Gasteiger partial charge in [0.05, 0.1) is 0 Å². The van der Waals surface area contributed by atoms with Gasteiger partial charge < -0.3 is 15.4 Å². The number of fused-ring (bicyclic) bond motifs is 1. The van der Waals surface area contributed by atoms with Gasteiger partial charge in [0.25, 0.3) is 5.91 Å². The Balaban J connectivity index is 1.37. The van der Waals surface area contributed by atoms with Gasteiger partial charge in [-0.05, 0) is 49.3 Å². The number of likely N-dealkylation sites (tertiary alicyclic amines) is 1. The second-order valence-electron chi connectivity index (χ2n) is 7.03. The second-order valence-corrected chi connectivity index (χ2v) is 7.03. The summed E-state index contributed by atoms with van der Waals surface area (Å²) in [4.78, 5) is 26.7. The molecule has 0 spiro atoms. The molecule has 1 fully saturated rings. The number of amides is 2. The SMILES string of the molecule is NC(=O)COC(=O)N1CCC(CCN2CCc3ccccc3C2)CC1. The predicted molar refractivity (Wildman–Crippen MR) is 94.9 cm³/mol. The molecular formula is C19H27N3O3. The minimum Gasteiger partial charge on any atom is -0.439 e. The van der Waals surface area contributed by atoms with Crippen molar-refractivity contribution in [1.29, 1.82) is 0 Å².